The van der Waals surface area contributed by atoms with Crippen molar-refractivity contribution in [3.63, 3.8) is 0 Å². The van der Waals surface area contributed by atoms with Crippen molar-refractivity contribution in [3.05, 3.63) is 35.9 Å². The summed E-state index contributed by atoms with van der Waals surface area (Å²) in [4.78, 5) is 0. The average Bonchev–Trinajstić information content (AvgIpc) is 2.09. The van der Waals surface area contributed by atoms with Gasteiger partial charge >= 0.3 is 0 Å². The van der Waals surface area contributed by atoms with Crippen molar-refractivity contribution in [2.45, 2.75) is 0 Å². The fourth-order valence-electron chi connectivity index (χ4n) is 0.741. The van der Waals surface area contributed by atoms with Crippen molar-refractivity contribution in [1.29, 1.82) is 5.26 Å². The summed E-state index contributed by atoms with van der Waals surface area (Å²) in [5.74, 6) is 0. The fourth-order valence-corrected chi connectivity index (χ4v) is 0.741. The van der Waals surface area contributed by atoms with Crippen molar-refractivity contribution in [2.24, 2.45) is 5.16 Å². The maximum Gasteiger partial charge on any atom is 0.186 e. The SMILES string of the molecule is N#CC(=NO)c1ccccc1.O. The van der Waals surface area contributed by atoms with E-state index in [1.54, 1.807) is 30.3 Å². The molecule has 0 unspecified atom stereocenters. The summed E-state index contributed by atoms with van der Waals surface area (Å²) >= 11 is 0. The highest BCUT2D eigenvalue weighted by molar-refractivity contribution is 6.11. The molecule has 0 heterocycles. The Bertz CT molecular complexity index is 301. The summed E-state index contributed by atoms with van der Waals surface area (Å²) in [6.45, 7) is 0. The van der Waals surface area contributed by atoms with Gasteiger partial charge in [0.15, 0.2) is 5.71 Å². The number of rotatable bonds is 1. The van der Waals surface area contributed by atoms with Gasteiger partial charge in [-0.3, -0.25) is 0 Å². The minimum Gasteiger partial charge on any atom is -0.412 e. The molecular formula is C8H8N2O2. The van der Waals surface area contributed by atoms with Crippen LogP contribution in [-0.4, -0.2) is 16.4 Å². The molecule has 0 saturated carbocycles. The molecule has 4 nitrogen and oxygen atoms in total. The Balaban J connectivity index is 0.00000121. The van der Waals surface area contributed by atoms with E-state index in [9.17, 15) is 0 Å². The van der Waals surface area contributed by atoms with E-state index in [1.165, 1.54) is 0 Å². The van der Waals surface area contributed by atoms with E-state index >= 15 is 0 Å². The van der Waals surface area contributed by atoms with Crippen molar-refractivity contribution in [1.82, 2.24) is 0 Å². The first-order chi connectivity index (χ1) is 5.38. The molecule has 1 aromatic carbocycles. The van der Waals surface area contributed by atoms with E-state index in [2.05, 4.69) is 5.16 Å². The van der Waals surface area contributed by atoms with Crippen LogP contribution < -0.4 is 0 Å². The van der Waals surface area contributed by atoms with Gasteiger partial charge in [-0.25, -0.2) is 0 Å². The molecule has 0 amide bonds. The minimum atomic E-state index is 0. The molecule has 0 aromatic heterocycles. The van der Waals surface area contributed by atoms with Crippen LogP contribution in [0.4, 0.5) is 0 Å². The Kier molecular flexibility index (Phi) is 4.12. The molecule has 0 saturated heterocycles. The summed E-state index contributed by atoms with van der Waals surface area (Å²) in [6, 6.07) is 10.6. The average molecular weight is 164 g/mol. The van der Waals surface area contributed by atoms with Crippen LogP contribution in [0.5, 0.6) is 0 Å². The minimum absolute atomic E-state index is 0. The van der Waals surface area contributed by atoms with E-state index in [0.29, 0.717) is 5.56 Å². The van der Waals surface area contributed by atoms with Gasteiger partial charge in [-0.15, -0.1) is 0 Å². The van der Waals surface area contributed by atoms with Crippen molar-refractivity contribution >= 4 is 5.71 Å². The summed E-state index contributed by atoms with van der Waals surface area (Å²) in [5.41, 5.74) is 0.656. The van der Waals surface area contributed by atoms with Gasteiger partial charge in [-0.2, -0.15) is 5.26 Å². The molecule has 0 aliphatic heterocycles. The van der Waals surface area contributed by atoms with E-state index < -0.39 is 0 Å². The smallest absolute Gasteiger partial charge is 0.186 e. The molecule has 0 aliphatic rings. The van der Waals surface area contributed by atoms with Crippen molar-refractivity contribution in [3.8, 4) is 6.07 Å². The summed E-state index contributed by atoms with van der Waals surface area (Å²) < 4.78 is 0. The lowest BCUT2D eigenvalue weighted by atomic mass is 10.1. The fraction of sp³-hybridized carbons (Fsp3) is 0. The topological polar surface area (TPSA) is 87.9 Å². The third-order valence-corrected chi connectivity index (χ3v) is 1.25. The van der Waals surface area contributed by atoms with Gasteiger partial charge < -0.3 is 10.7 Å². The normalized spacial score (nSPS) is 9.75. The Morgan fingerprint density at radius 3 is 2.33 bits per heavy atom. The number of oxime groups is 1. The molecule has 1 rings (SSSR count). The Hall–Kier alpha value is -1.86. The molecule has 12 heavy (non-hydrogen) atoms. The first-order valence-electron chi connectivity index (χ1n) is 3.06. The second-order valence-electron chi connectivity index (χ2n) is 1.93. The van der Waals surface area contributed by atoms with Crippen LogP contribution >= 0.6 is 0 Å². The Morgan fingerprint density at radius 2 is 1.92 bits per heavy atom. The number of hydrogen-bond donors (Lipinski definition) is 1. The predicted octanol–water partition coefficient (Wildman–Crippen LogP) is 0.564. The number of benzene rings is 1. The number of nitriles is 1. The molecule has 4 heteroatoms. The molecule has 0 fully saturated rings. The molecule has 0 radical (unpaired) electrons. The van der Waals surface area contributed by atoms with Crippen LogP contribution in [0.1, 0.15) is 5.56 Å². The standard InChI is InChI=1S/C8H6N2O.H2O/c9-6-8(10-11)7-4-2-1-3-5-7;/h1-5,11H;1H2. The van der Waals surface area contributed by atoms with Crippen LogP contribution in [0.15, 0.2) is 35.5 Å². The molecule has 0 spiro atoms. The first kappa shape index (κ1) is 10.1. The zero-order valence-electron chi connectivity index (χ0n) is 6.23. The van der Waals surface area contributed by atoms with E-state index in [1.807, 2.05) is 6.07 Å². The van der Waals surface area contributed by atoms with Crippen LogP contribution in [-0.2, 0) is 0 Å². The monoisotopic (exact) mass is 164 g/mol. The van der Waals surface area contributed by atoms with Crippen LogP contribution in [0.3, 0.4) is 0 Å². The Morgan fingerprint density at radius 1 is 1.33 bits per heavy atom. The largest absolute Gasteiger partial charge is 0.412 e. The third-order valence-electron chi connectivity index (χ3n) is 1.25. The third kappa shape index (κ3) is 2.08. The highest BCUT2D eigenvalue weighted by Crippen LogP contribution is 1.99. The van der Waals surface area contributed by atoms with Gasteiger partial charge in [0.25, 0.3) is 0 Å². The van der Waals surface area contributed by atoms with Gasteiger partial charge in [-0.05, 0) is 0 Å². The van der Waals surface area contributed by atoms with Crippen LogP contribution in [0, 0.1) is 11.3 Å². The van der Waals surface area contributed by atoms with Gasteiger partial charge in [0, 0.05) is 5.56 Å². The Labute approximate surface area is 69.7 Å². The highest BCUT2D eigenvalue weighted by atomic mass is 16.4. The molecule has 1 aromatic rings. The van der Waals surface area contributed by atoms with Gasteiger partial charge in [0.2, 0.25) is 0 Å². The van der Waals surface area contributed by atoms with Crippen molar-refractivity contribution < 1.29 is 10.7 Å². The summed E-state index contributed by atoms with van der Waals surface area (Å²) in [7, 11) is 0. The quantitative estimate of drug-likeness (QED) is 0.373. The first-order valence-corrected chi connectivity index (χ1v) is 3.06. The zero-order chi connectivity index (χ0) is 8.10. The van der Waals surface area contributed by atoms with E-state index in [0.717, 1.165) is 0 Å². The number of hydrogen-bond acceptors (Lipinski definition) is 3. The van der Waals surface area contributed by atoms with E-state index in [-0.39, 0.29) is 11.2 Å². The molecule has 62 valence electrons. The van der Waals surface area contributed by atoms with Crippen molar-refractivity contribution in [2.75, 3.05) is 0 Å². The summed E-state index contributed by atoms with van der Waals surface area (Å²) in [5, 5.41) is 19.6. The molecule has 0 bridgehead atoms. The molecule has 3 N–H and O–H groups in total. The summed E-state index contributed by atoms with van der Waals surface area (Å²) in [6.07, 6.45) is 0. The van der Waals surface area contributed by atoms with Gasteiger partial charge in [0.1, 0.15) is 6.07 Å². The van der Waals surface area contributed by atoms with E-state index in [4.69, 9.17) is 10.5 Å². The number of nitrogens with zero attached hydrogens (tertiary/aromatic N) is 2. The van der Waals surface area contributed by atoms with Gasteiger partial charge in [0.05, 0.1) is 0 Å². The van der Waals surface area contributed by atoms with Crippen LogP contribution in [0.25, 0.3) is 0 Å². The highest BCUT2D eigenvalue weighted by Gasteiger charge is 1.99. The molecule has 0 aliphatic carbocycles. The lowest BCUT2D eigenvalue weighted by Crippen LogP contribution is -1.95. The lowest BCUT2D eigenvalue weighted by Gasteiger charge is -1.91. The zero-order valence-corrected chi connectivity index (χ0v) is 6.23. The van der Waals surface area contributed by atoms with Crippen LogP contribution in [0.2, 0.25) is 0 Å². The maximum absolute atomic E-state index is 8.44. The molecular weight excluding hydrogens is 156 g/mol. The second kappa shape index (κ2) is 4.88. The predicted molar refractivity (Wildman–Crippen MR) is 44.0 cm³/mol. The van der Waals surface area contributed by atoms with Gasteiger partial charge in [-0.1, -0.05) is 35.5 Å². The maximum atomic E-state index is 8.44. The lowest BCUT2D eigenvalue weighted by molar-refractivity contribution is 0.320. The second-order valence-corrected chi connectivity index (χ2v) is 1.93. The molecule has 0 atom stereocenters.